The van der Waals surface area contributed by atoms with Crippen LogP contribution in [0.5, 0.6) is 0 Å². The number of nitrogen functional groups attached to an aromatic ring is 1. The van der Waals surface area contributed by atoms with Crippen LogP contribution in [0, 0.1) is 5.92 Å². The molecule has 5 heteroatoms. The summed E-state index contributed by atoms with van der Waals surface area (Å²) in [5, 5.41) is 4.23. The lowest BCUT2D eigenvalue weighted by Crippen LogP contribution is -2.40. The van der Waals surface area contributed by atoms with E-state index >= 15 is 0 Å². The van der Waals surface area contributed by atoms with Gasteiger partial charge in [0.1, 0.15) is 0 Å². The van der Waals surface area contributed by atoms with Crippen LogP contribution in [0.3, 0.4) is 0 Å². The Morgan fingerprint density at radius 1 is 1.50 bits per heavy atom. The summed E-state index contributed by atoms with van der Waals surface area (Å²) >= 11 is 0. The molecule has 1 aliphatic carbocycles. The highest BCUT2D eigenvalue weighted by Crippen LogP contribution is 2.26. The summed E-state index contributed by atoms with van der Waals surface area (Å²) in [6.07, 6.45) is 7.37. The fourth-order valence-corrected chi connectivity index (χ4v) is 2.87. The number of amides is 1. The monoisotopic (exact) mass is 278 g/mol. The first-order valence-corrected chi connectivity index (χ1v) is 7.59. The number of aryl methyl sites for hydroxylation is 1. The van der Waals surface area contributed by atoms with Gasteiger partial charge in [0.25, 0.3) is 5.91 Å². The van der Waals surface area contributed by atoms with E-state index in [2.05, 4.69) is 18.9 Å². The molecule has 0 aromatic carbocycles. The van der Waals surface area contributed by atoms with Gasteiger partial charge in [-0.1, -0.05) is 26.7 Å². The van der Waals surface area contributed by atoms with Gasteiger partial charge in [-0.05, 0) is 25.2 Å². The van der Waals surface area contributed by atoms with Gasteiger partial charge in [-0.3, -0.25) is 9.48 Å². The van der Waals surface area contributed by atoms with E-state index in [1.54, 1.807) is 17.9 Å². The average Bonchev–Trinajstić information content (AvgIpc) is 2.99. The van der Waals surface area contributed by atoms with E-state index in [-0.39, 0.29) is 5.91 Å². The maximum absolute atomic E-state index is 12.7. The van der Waals surface area contributed by atoms with Crippen LogP contribution in [-0.4, -0.2) is 33.2 Å². The summed E-state index contributed by atoms with van der Waals surface area (Å²) in [5.74, 6) is 0.587. The molecule has 1 aromatic heterocycles. The quantitative estimate of drug-likeness (QED) is 0.899. The van der Waals surface area contributed by atoms with E-state index in [0.717, 1.165) is 25.8 Å². The van der Waals surface area contributed by atoms with Crippen LogP contribution >= 0.6 is 0 Å². The molecule has 1 saturated carbocycles. The number of carbonyl (C=O) groups is 1. The normalized spacial score (nSPS) is 16.0. The van der Waals surface area contributed by atoms with Crippen LogP contribution in [0.4, 0.5) is 5.69 Å². The van der Waals surface area contributed by atoms with E-state index < -0.39 is 0 Å². The number of nitrogens with zero attached hydrogens (tertiary/aromatic N) is 3. The van der Waals surface area contributed by atoms with Crippen LogP contribution in [0.1, 0.15) is 56.4 Å². The summed E-state index contributed by atoms with van der Waals surface area (Å²) in [6.45, 7) is 5.18. The standard InChI is InChI=1S/C15H26N4O/c1-11(2)8-9-19(12-6-4-5-7-12)15(20)14-13(16)10-18(3)17-14/h10-12H,4-9,16H2,1-3H3. The smallest absolute Gasteiger partial charge is 0.276 e. The number of nitrogens with two attached hydrogens (primary N) is 1. The highest BCUT2D eigenvalue weighted by atomic mass is 16.2. The Morgan fingerprint density at radius 2 is 2.15 bits per heavy atom. The summed E-state index contributed by atoms with van der Waals surface area (Å²) in [4.78, 5) is 14.8. The van der Waals surface area contributed by atoms with E-state index in [1.807, 2.05) is 4.90 Å². The number of hydrogen-bond acceptors (Lipinski definition) is 3. The van der Waals surface area contributed by atoms with Gasteiger partial charge in [-0.25, -0.2) is 0 Å². The van der Waals surface area contributed by atoms with Crippen LogP contribution in [0.15, 0.2) is 6.20 Å². The molecule has 0 atom stereocenters. The van der Waals surface area contributed by atoms with Crippen molar-refractivity contribution < 1.29 is 4.79 Å². The number of hydrogen-bond donors (Lipinski definition) is 1. The molecule has 0 unspecified atom stereocenters. The summed E-state index contributed by atoms with van der Waals surface area (Å²) in [7, 11) is 1.79. The van der Waals surface area contributed by atoms with Crippen molar-refractivity contribution in [2.24, 2.45) is 13.0 Å². The van der Waals surface area contributed by atoms with Gasteiger partial charge in [-0.15, -0.1) is 0 Å². The number of aromatic nitrogens is 2. The van der Waals surface area contributed by atoms with E-state index in [9.17, 15) is 4.79 Å². The number of anilines is 1. The van der Waals surface area contributed by atoms with Crippen LogP contribution < -0.4 is 5.73 Å². The first-order valence-electron chi connectivity index (χ1n) is 7.59. The second-order valence-corrected chi connectivity index (χ2v) is 6.23. The average molecular weight is 278 g/mol. The summed E-state index contributed by atoms with van der Waals surface area (Å²) < 4.78 is 1.61. The van der Waals surface area contributed by atoms with Gasteiger partial charge in [0.05, 0.1) is 5.69 Å². The van der Waals surface area contributed by atoms with Crippen LogP contribution in [-0.2, 0) is 7.05 Å². The highest BCUT2D eigenvalue weighted by Gasteiger charge is 2.29. The van der Waals surface area contributed by atoms with Gasteiger partial charge < -0.3 is 10.6 Å². The minimum absolute atomic E-state index is 0.00403. The molecule has 0 bridgehead atoms. The zero-order chi connectivity index (χ0) is 14.7. The maximum atomic E-state index is 12.7. The second-order valence-electron chi connectivity index (χ2n) is 6.23. The Morgan fingerprint density at radius 3 is 2.65 bits per heavy atom. The third-order valence-electron chi connectivity index (χ3n) is 4.03. The minimum Gasteiger partial charge on any atom is -0.396 e. The predicted molar refractivity (Wildman–Crippen MR) is 80.4 cm³/mol. The molecule has 0 aliphatic heterocycles. The third kappa shape index (κ3) is 3.32. The van der Waals surface area contributed by atoms with Gasteiger partial charge in [0, 0.05) is 25.8 Å². The predicted octanol–water partition coefficient (Wildman–Crippen LogP) is 2.43. The summed E-state index contributed by atoms with van der Waals surface area (Å²) in [6, 6.07) is 0.364. The Labute approximate surface area is 121 Å². The van der Waals surface area contributed by atoms with Crippen molar-refractivity contribution in [3.8, 4) is 0 Å². The third-order valence-corrected chi connectivity index (χ3v) is 4.03. The highest BCUT2D eigenvalue weighted by molar-refractivity contribution is 5.97. The van der Waals surface area contributed by atoms with Crippen molar-refractivity contribution in [2.75, 3.05) is 12.3 Å². The molecule has 112 valence electrons. The molecule has 5 nitrogen and oxygen atoms in total. The zero-order valence-electron chi connectivity index (χ0n) is 12.8. The molecule has 1 aromatic rings. The number of rotatable bonds is 5. The maximum Gasteiger partial charge on any atom is 0.276 e. The van der Waals surface area contributed by atoms with Crippen molar-refractivity contribution in [1.82, 2.24) is 14.7 Å². The van der Waals surface area contributed by atoms with Crippen molar-refractivity contribution in [3.05, 3.63) is 11.9 Å². The first kappa shape index (κ1) is 14.9. The van der Waals surface area contributed by atoms with Crippen molar-refractivity contribution >= 4 is 11.6 Å². The molecule has 0 spiro atoms. The zero-order valence-corrected chi connectivity index (χ0v) is 12.8. The van der Waals surface area contributed by atoms with Crippen molar-refractivity contribution in [1.29, 1.82) is 0 Å². The van der Waals surface area contributed by atoms with Gasteiger partial charge >= 0.3 is 0 Å². The number of carbonyl (C=O) groups excluding carboxylic acids is 1. The largest absolute Gasteiger partial charge is 0.396 e. The second kappa shape index (κ2) is 6.29. The van der Waals surface area contributed by atoms with Crippen molar-refractivity contribution in [3.63, 3.8) is 0 Å². The molecule has 20 heavy (non-hydrogen) atoms. The lowest BCUT2D eigenvalue weighted by Gasteiger charge is -2.29. The summed E-state index contributed by atoms with van der Waals surface area (Å²) in [5.41, 5.74) is 6.79. The molecule has 1 fully saturated rings. The fourth-order valence-electron chi connectivity index (χ4n) is 2.87. The van der Waals surface area contributed by atoms with E-state index in [0.29, 0.717) is 23.3 Å². The molecular weight excluding hydrogens is 252 g/mol. The molecular formula is C15H26N4O. The lowest BCUT2D eigenvalue weighted by molar-refractivity contribution is 0.0666. The first-order chi connectivity index (χ1) is 9.49. The minimum atomic E-state index is -0.00403. The molecule has 2 N–H and O–H groups in total. The van der Waals surface area contributed by atoms with Crippen LogP contribution in [0.2, 0.25) is 0 Å². The SMILES string of the molecule is CC(C)CCN(C(=O)c1nn(C)cc1N)C1CCCC1. The Balaban J connectivity index is 2.16. The Kier molecular flexibility index (Phi) is 4.68. The molecule has 1 heterocycles. The molecule has 1 aliphatic rings. The van der Waals surface area contributed by atoms with E-state index in [4.69, 9.17) is 5.73 Å². The Hall–Kier alpha value is -1.52. The van der Waals surface area contributed by atoms with Crippen molar-refractivity contribution in [2.45, 2.75) is 52.0 Å². The lowest BCUT2D eigenvalue weighted by atomic mass is 10.1. The Bertz CT molecular complexity index is 460. The molecule has 1 amide bonds. The van der Waals surface area contributed by atoms with Gasteiger partial charge in [0.15, 0.2) is 5.69 Å². The molecule has 0 radical (unpaired) electrons. The van der Waals surface area contributed by atoms with Gasteiger partial charge in [-0.2, -0.15) is 5.10 Å². The van der Waals surface area contributed by atoms with Crippen LogP contribution in [0.25, 0.3) is 0 Å². The van der Waals surface area contributed by atoms with E-state index in [1.165, 1.54) is 12.8 Å². The fraction of sp³-hybridized carbons (Fsp3) is 0.733. The van der Waals surface area contributed by atoms with Gasteiger partial charge in [0.2, 0.25) is 0 Å². The topological polar surface area (TPSA) is 64.2 Å². The molecule has 0 saturated heterocycles. The molecule has 2 rings (SSSR count).